The molecule has 0 atom stereocenters. The van der Waals surface area contributed by atoms with Crippen LogP contribution in [0, 0.1) is 0 Å². The fourth-order valence-electron chi connectivity index (χ4n) is 2.67. The molecule has 2 N–H and O–H groups in total. The zero-order valence-electron chi connectivity index (χ0n) is 16.8. The first-order valence-electron chi connectivity index (χ1n) is 9.09. The maximum Gasteiger partial charge on any atom is 0.271 e. The summed E-state index contributed by atoms with van der Waals surface area (Å²) >= 11 is 1.02. The van der Waals surface area contributed by atoms with Crippen LogP contribution in [0.15, 0.2) is 75.8 Å². The van der Waals surface area contributed by atoms with E-state index in [1.165, 1.54) is 44.3 Å². The molecule has 3 aromatic rings. The van der Waals surface area contributed by atoms with Gasteiger partial charge in [-0.2, -0.15) is 0 Å². The van der Waals surface area contributed by atoms with Crippen molar-refractivity contribution in [2.24, 2.45) is 0 Å². The number of thiophene rings is 1. The Balaban J connectivity index is 1.82. The molecule has 0 bridgehead atoms. The number of rotatable bonds is 8. The standard InChI is InChI=1S/C20H21N3O5S3/c1-15(24)21-14-18-11-12-20(29-18)30(25,26)22-16-7-6-10-19(13-16)31(27,28)23(2)17-8-4-3-5-9-17/h3-13,22H,14H2,1-2H3,(H,21,24). The predicted molar refractivity (Wildman–Crippen MR) is 121 cm³/mol. The highest BCUT2D eigenvalue weighted by Gasteiger charge is 2.23. The van der Waals surface area contributed by atoms with Crippen molar-refractivity contribution in [3.05, 3.63) is 71.6 Å². The van der Waals surface area contributed by atoms with E-state index in [0.29, 0.717) is 10.6 Å². The molecular formula is C20H21N3O5S3. The Morgan fingerprint density at radius 2 is 1.68 bits per heavy atom. The smallest absolute Gasteiger partial charge is 0.271 e. The summed E-state index contributed by atoms with van der Waals surface area (Å²) in [5, 5.41) is 2.61. The van der Waals surface area contributed by atoms with E-state index < -0.39 is 20.0 Å². The van der Waals surface area contributed by atoms with Gasteiger partial charge in [0, 0.05) is 18.8 Å². The molecule has 2 aromatic carbocycles. The Labute approximate surface area is 185 Å². The van der Waals surface area contributed by atoms with E-state index in [1.54, 1.807) is 36.4 Å². The first kappa shape index (κ1) is 22.8. The van der Waals surface area contributed by atoms with Crippen molar-refractivity contribution >= 4 is 48.7 Å². The number of sulfonamides is 2. The fourth-order valence-corrected chi connectivity index (χ4v) is 6.26. The minimum atomic E-state index is -3.92. The van der Waals surface area contributed by atoms with Crippen molar-refractivity contribution in [3.63, 3.8) is 0 Å². The number of benzene rings is 2. The van der Waals surface area contributed by atoms with E-state index in [0.717, 1.165) is 15.6 Å². The number of hydrogen-bond donors (Lipinski definition) is 2. The van der Waals surface area contributed by atoms with Crippen molar-refractivity contribution in [1.82, 2.24) is 5.32 Å². The highest BCUT2D eigenvalue weighted by atomic mass is 32.2. The summed E-state index contributed by atoms with van der Waals surface area (Å²) in [6.07, 6.45) is 0. The molecule has 3 rings (SSSR count). The van der Waals surface area contributed by atoms with Gasteiger partial charge in [0.25, 0.3) is 20.0 Å². The van der Waals surface area contributed by atoms with Crippen LogP contribution in [-0.4, -0.2) is 29.8 Å². The molecule has 0 aliphatic carbocycles. The van der Waals surface area contributed by atoms with Crippen LogP contribution in [-0.2, 0) is 31.4 Å². The van der Waals surface area contributed by atoms with Crippen LogP contribution >= 0.6 is 11.3 Å². The fraction of sp³-hybridized carbons (Fsp3) is 0.150. The minimum Gasteiger partial charge on any atom is -0.351 e. The second kappa shape index (κ2) is 9.08. The molecule has 31 heavy (non-hydrogen) atoms. The Hall–Kier alpha value is -2.89. The maximum absolute atomic E-state index is 13.0. The normalized spacial score (nSPS) is 11.7. The van der Waals surface area contributed by atoms with E-state index in [-0.39, 0.29) is 27.2 Å². The highest BCUT2D eigenvalue weighted by Crippen LogP contribution is 2.27. The van der Waals surface area contributed by atoms with Gasteiger partial charge in [0.05, 0.1) is 22.8 Å². The second-order valence-electron chi connectivity index (χ2n) is 6.57. The molecule has 164 valence electrons. The van der Waals surface area contributed by atoms with E-state index in [1.807, 2.05) is 0 Å². The minimum absolute atomic E-state index is 0.0448. The predicted octanol–water partition coefficient (Wildman–Crippen LogP) is 3.01. The van der Waals surface area contributed by atoms with Crippen LogP contribution in [0.25, 0.3) is 0 Å². The monoisotopic (exact) mass is 479 g/mol. The summed E-state index contributed by atoms with van der Waals surface area (Å²) in [5.41, 5.74) is 0.609. The van der Waals surface area contributed by atoms with Gasteiger partial charge in [0.15, 0.2) is 0 Å². The van der Waals surface area contributed by atoms with Gasteiger partial charge in [0.1, 0.15) is 4.21 Å². The zero-order valence-corrected chi connectivity index (χ0v) is 19.2. The number of anilines is 2. The maximum atomic E-state index is 13.0. The lowest BCUT2D eigenvalue weighted by Crippen LogP contribution is -2.26. The van der Waals surface area contributed by atoms with Gasteiger partial charge < -0.3 is 5.32 Å². The van der Waals surface area contributed by atoms with Crippen LogP contribution < -0.4 is 14.3 Å². The van der Waals surface area contributed by atoms with Crippen molar-refractivity contribution < 1.29 is 21.6 Å². The number of nitrogens with zero attached hydrogens (tertiary/aromatic N) is 1. The molecule has 0 aliphatic rings. The number of amides is 1. The quantitative estimate of drug-likeness (QED) is 0.516. The van der Waals surface area contributed by atoms with Crippen LogP contribution in [0.1, 0.15) is 11.8 Å². The van der Waals surface area contributed by atoms with Gasteiger partial charge in [-0.05, 0) is 42.5 Å². The molecule has 0 unspecified atom stereocenters. The van der Waals surface area contributed by atoms with Crippen molar-refractivity contribution in [1.29, 1.82) is 0 Å². The summed E-state index contributed by atoms with van der Waals surface area (Å²) < 4.78 is 55.0. The molecule has 11 heteroatoms. The Morgan fingerprint density at radius 1 is 0.968 bits per heavy atom. The van der Waals surface area contributed by atoms with Crippen molar-refractivity contribution in [3.8, 4) is 0 Å². The summed E-state index contributed by atoms with van der Waals surface area (Å²) in [6, 6.07) is 17.3. The van der Waals surface area contributed by atoms with Gasteiger partial charge in [-0.15, -0.1) is 11.3 Å². The van der Waals surface area contributed by atoms with Crippen molar-refractivity contribution in [2.75, 3.05) is 16.1 Å². The Morgan fingerprint density at radius 3 is 2.35 bits per heavy atom. The van der Waals surface area contributed by atoms with E-state index in [2.05, 4.69) is 10.0 Å². The first-order chi connectivity index (χ1) is 14.6. The van der Waals surface area contributed by atoms with Crippen LogP contribution in [0.5, 0.6) is 0 Å². The van der Waals surface area contributed by atoms with Crippen molar-refractivity contribution in [2.45, 2.75) is 22.6 Å². The summed E-state index contributed by atoms with van der Waals surface area (Å²) in [4.78, 5) is 11.7. The molecule has 1 heterocycles. The lowest BCUT2D eigenvalue weighted by atomic mass is 10.3. The zero-order chi connectivity index (χ0) is 22.6. The Kier molecular flexibility index (Phi) is 6.68. The second-order valence-corrected chi connectivity index (χ2v) is 11.6. The number of para-hydroxylation sites is 1. The van der Waals surface area contributed by atoms with Gasteiger partial charge in [-0.1, -0.05) is 24.3 Å². The van der Waals surface area contributed by atoms with Crippen LogP contribution in [0.2, 0.25) is 0 Å². The largest absolute Gasteiger partial charge is 0.351 e. The van der Waals surface area contributed by atoms with Gasteiger partial charge in [0.2, 0.25) is 5.91 Å². The van der Waals surface area contributed by atoms with Gasteiger partial charge >= 0.3 is 0 Å². The molecule has 1 amide bonds. The average Bonchev–Trinajstić information content (AvgIpc) is 3.22. The average molecular weight is 480 g/mol. The molecule has 8 nitrogen and oxygen atoms in total. The third kappa shape index (κ3) is 5.43. The van der Waals surface area contributed by atoms with Gasteiger partial charge in [-0.25, -0.2) is 16.8 Å². The topological polar surface area (TPSA) is 113 Å². The van der Waals surface area contributed by atoms with E-state index >= 15 is 0 Å². The van der Waals surface area contributed by atoms with Crippen LogP contribution in [0.4, 0.5) is 11.4 Å². The lowest BCUT2D eigenvalue weighted by Gasteiger charge is -2.20. The van der Waals surface area contributed by atoms with E-state index in [4.69, 9.17) is 0 Å². The molecule has 0 spiro atoms. The molecule has 0 saturated heterocycles. The first-order valence-corrected chi connectivity index (χ1v) is 12.8. The number of hydrogen-bond acceptors (Lipinski definition) is 6. The van der Waals surface area contributed by atoms with E-state index in [9.17, 15) is 21.6 Å². The summed E-state index contributed by atoms with van der Waals surface area (Å²) in [7, 11) is -6.37. The third-order valence-corrected chi connectivity index (χ3v) is 9.02. The van der Waals surface area contributed by atoms with Gasteiger partial charge in [-0.3, -0.25) is 13.8 Å². The molecular weight excluding hydrogens is 458 g/mol. The molecule has 0 aliphatic heterocycles. The molecule has 0 fully saturated rings. The highest BCUT2D eigenvalue weighted by molar-refractivity contribution is 7.94. The number of nitrogens with one attached hydrogen (secondary N) is 2. The SMILES string of the molecule is CC(=O)NCc1ccc(S(=O)(=O)Nc2cccc(S(=O)(=O)N(C)c3ccccc3)c2)s1. The third-order valence-electron chi connectivity index (χ3n) is 4.28. The summed E-state index contributed by atoms with van der Waals surface area (Å²) in [5.74, 6) is -0.213. The molecule has 0 saturated carbocycles. The Bertz CT molecular complexity index is 1290. The molecule has 1 aromatic heterocycles. The number of carbonyl (C=O) groups excluding carboxylic acids is 1. The van der Waals surface area contributed by atoms with Crippen LogP contribution in [0.3, 0.4) is 0 Å². The lowest BCUT2D eigenvalue weighted by molar-refractivity contribution is -0.119. The summed E-state index contributed by atoms with van der Waals surface area (Å²) in [6.45, 7) is 1.61. The molecule has 0 radical (unpaired) electrons. The number of carbonyl (C=O) groups is 1.